The van der Waals surface area contributed by atoms with Crippen molar-refractivity contribution >= 4 is 0 Å². The van der Waals surface area contributed by atoms with Crippen LogP contribution >= 0.6 is 0 Å². The Hall–Kier alpha value is -2.92. The van der Waals surface area contributed by atoms with Crippen LogP contribution in [0.1, 0.15) is 11.1 Å². The van der Waals surface area contributed by atoms with E-state index in [0.717, 1.165) is 16.8 Å². The maximum atomic E-state index is 8.93. The highest BCUT2D eigenvalue weighted by molar-refractivity contribution is 5.72. The smallest absolute Gasteiger partial charge is 0.101 e. The van der Waals surface area contributed by atoms with Crippen molar-refractivity contribution in [3.05, 3.63) is 78.0 Å². The van der Waals surface area contributed by atoms with Crippen molar-refractivity contribution in [1.82, 2.24) is 4.98 Å². The van der Waals surface area contributed by atoms with E-state index in [1.807, 2.05) is 43.3 Å². The molecule has 0 aliphatic heterocycles. The Balaban J connectivity index is 2.07. The van der Waals surface area contributed by atoms with Crippen molar-refractivity contribution in [2.75, 3.05) is 0 Å². The Morgan fingerprint density at radius 3 is 2.29 bits per heavy atom. The first kappa shape index (κ1) is 13.1. The van der Waals surface area contributed by atoms with Gasteiger partial charge in [-0.3, -0.25) is 4.98 Å². The zero-order valence-electron chi connectivity index (χ0n) is 11.7. The number of benzene rings is 2. The van der Waals surface area contributed by atoms with Gasteiger partial charge in [-0.15, -0.1) is 0 Å². The summed E-state index contributed by atoms with van der Waals surface area (Å²) in [6.07, 6.45) is 1.62. The summed E-state index contributed by atoms with van der Waals surface area (Å²) in [5.74, 6) is 0. The lowest BCUT2D eigenvalue weighted by Crippen LogP contribution is -1.90. The van der Waals surface area contributed by atoms with Crippen molar-refractivity contribution in [3.8, 4) is 28.5 Å². The molecule has 0 fully saturated rings. The van der Waals surface area contributed by atoms with Gasteiger partial charge in [-0.05, 0) is 35.7 Å². The van der Waals surface area contributed by atoms with Gasteiger partial charge in [-0.1, -0.05) is 48.5 Å². The van der Waals surface area contributed by atoms with Crippen LogP contribution in [0.3, 0.4) is 0 Å². The molecule has 1 aromatic heterocycles. The standard InChI is InChI=1S/C19H14N2/c1-14-10-15(12-20)13-21-19(14)18-9-5-8-17(11-18)16-6-3-2-4-7-16/h2-11,13H,1H3. The van der Waals surface area contributed by atoms with Crippen molar-refractivity contribution in [2.45, 2.75) is 6.92 Å². The molecule has 21 heavy (non-hydrogen) atoms. The van der Waals surface area contributed by atoms with Crippen LogP contribution in [0, 0.1) is 18.3 Å². The molecule has 0 unspecified atom stereocenters. The van der Waals surface area contributed by atoms with Crippen molar-refractivity contribution in [3.63, 3.8) is 0 Å². The van der Waals surface area contributed by atoms with Gasteiger partial charge in [0.1, 0.15) is 6.07 Å². The highest BCUT2D eigenvalue weighted by atomic mass is 14.7. The molecular formula is C19H14N2. The van der Waals surface area contributed by atoms with Gasteiger partial charge in [-0.2, -0.15) is 5.26 Å². The summed E-state index contributed by atoms with van der Waals surface area (Å²) in [6.45, 7) is 1.98. The summed E-state index contributed by atoms with van der Waals surface area (Å²) in [5, 5.41) is 8.93. The summed E-state index contributed by atoms with van der Waals surface area (Å²) in [5.41, 5.74) is 5.95. The topological polar surface area (TPSA) is 36.7 Å². The second-order valence-corrected chi connectivity index (χ2v) is 4.95. The van der Waals surface area contributed by atoms with Crippen molar-refractivity contribution < 1.29 is 0 Å². The van der Waals surface area contributed by atoms with Crippen LogP contribution in [0.15, 0.2) is 66.9 Å². The number of hydrogen-bond donors (Lipinski definition) is 0. The molecular weight excluding hydrogens is 256 g/mol. The monoisotopic (exact) mass is 270 g/mol. The third-order valence-electron chi connectivity index (χ3n) is 3.45. The van der Waals surface area contributed by atoms with Crippen LogP contribution in [0.5, 0.6) is 0 Å². The van der Waals surface area contributed by atoms with E-state index in [0.29, 0.717) is 5.56 Å². The Morgan fingerprint density at radius 1 is 0.857 bits per heavy atom. The number of aryl methyl sites for hydroxylation is 1. The van der Waals surface area contributed by atoms with E-state index in [2.05, 4.69) is 35.3 Å². The Labute approximate surface area is 124 Å². The minimum atomic E-state index is 0.593. The van der Waals surface area contributed by atoms with Gasteiger partial charge in [0.05, 0.1) is 11.3 Å². The second-order valence-electron chi connectivity index (χ2n) is 4.95. The number of nitriles is 1. The van der Waals surface area contributed by atoms with Crippen LogP contribution in [-0.4, -0.2) is 4.98 Å². The number of nitrogens with zero attached hydrogens (tertiary/aromatic N) is 2. The maximum Gasteiger partial charge on any atom is 0.101 e. The van der Waals surface area contributed by atoms with E-state index >= 15 is 0 Å². The molecule has 2 nitrogen and oxygen atoms in total. The molecule has 0 aliphatic carbocycles. The Kier molecular flexibility index (Phi) is 3.49. The van der Waals surface area contributed by atoms with Gasteiger partial charge in [0.15, 0.2) is 0 Å². The maximum absolute atomic E-state index is 8.93. The first-order valence-corrected chi connectivity index (χ1v) is 6.80. The minimum absolute atomic E-state index is 0.593. The van der Waals surface area contributed by atoms with Crippen molar-refractivity contribution in [2.24, 2.45) is 0 Å². The van der Waals surface area contributed by atoms with Crippen LogP contribution in [-0.2, 0) is 0 Å². The zero-order valence-corrected chi connectivity index (χ0v) is 11.7. The summed E-state index contributed by atoms with van der Waals surface area (Å²) in [6, 6.07) is 22.6. The second kappa shape index (κ2) is 5.60. The fraction of sp³-hybridized carbons (Fsp3) is 0.0526. The molecule has 2 aromatic carbocycles. The molecule has 0 aliphatic rings. The van der Waals surface area contributed by atoms with Gasteiger partial charge in [0.25, 0.3) is 0 Å². The van der Waals surface area contributed by atoms with Gasteiger partial charge in [0, 0.05) is 11.8 Å². The van der Waals surface area contributed by atoms with Gasteiger partial charge in [-0.25, -0.2) is 0 Å². The van der Waals surface area contributed by atoms with Gasteiger partial charge >= 0.3 is 0 Å². The lowest BCUT2D eigenvalue weighted by Gasteiger charge is -2.08. The molecule has 0 N–H and O–H groups in total. The van der Waals surface area contributed by atoms with Crippen molar-refractivity contribution in [1.29, 1.82) is 5.26 Å². The van der Waals surface area contributed by atoms with E-state index in [1.54, 1.807) is 6.20 Å². The van der Waals surface area contributed by atoms with E-state index in [9.17, 15) is 0 Å². The molecule has 0 spiro atoms. The molecule has 0 bridgehead atoms. The normalized spacial score (nSPS) is 10.1. The number of rotatable bonds is 2. The largest absolute Gasteiger partial charge is 0.255 e. The van der Waals surface area contributed by atoms with E-state index < -0.39 is 0 Å². The van der Waals surface area contributed by atoms with E-state index in [1.165, 1.54) is 11.1 Å². The SMILES string of the molecule is Cc1cc(C#N)cnc1-c1cccc(-c2ccccc2)c1. The predicted molar refractivity (Wildman–Crippen MR) is 84.6 cm³/mol. The average molecular weight is 270 g/mol. The van der Waals surface area contributed by atoms with Crippen LogP contribution in [0.2, 0.25) is 0 Å². The van der Waals surface area contributed by atoms with Crippen LogP contribution < -0.4 is 0 Å². The Bertz CT molecular complexity index is 814. The fourth-order valence-corrected chi connectivity index (χ4v) is 2.41. The molecule has 0 radical (unpaired) electrons. The van der Waals surface area contributed by atoms with Gasteiger partial charge < -0.3 is 0 Å². The Morgan fingerprint density at radius 2 is 1.57 bits per heavy atom. The first-order chi connectivity index (χ1) is 10.3. The lowest BCUT2D eigenvalue weighted by molar-refractivity contribution is 1.25. The summed E-state index contributed by atoms with van der Waals surface area (Å²) >= 11 is 0. The molecule has 2 heteroatoms. The number of hydrogen-bond acceptors (Lipinski definition) is 2. The third kappa shape index (κ3) is 2.68. The van der Waals surface area contributed by atoms with E-state index in [4.69, 9.17) is 5.26 Å². The average Bonchev–Trinajstić information content (AvgIpc) is 2.55. The summed E-state index contributed by atoms with van der Waals surface area (Å²) < 4.78 is 0. The van der Waals surface area contributed by atoms with Crippen LogP contribution in [0.4, 0.5) is 0 Å². The fourth-order valence-electron chi connectivity index (χ4n) is 2.41. The number of aromatic nitrogens is 1. The first-order valence-electron chi connectivity index (χ1n) is 6.80. The molecule has 0 saturated carbocycles. The molecule has 0 saturated heterocycles. The molecule has 3 rings (SSSR count). The van der Waals surface area contributed by atoms with E-state index in [-0.39, 0.29) is 0 Å². The molecule has 1 heterocycles. The molecule has 100 valence electrons. The van der Waals surface area contributed by atoms with Gasteiger partial charge in [0.2, 0.25) is 0 Å². The molecule has 0 atom stereocenters. The lowest BCUT2D eigenvalue weighted by atomic mass is 9.99. The number of pyridine rings is 1. The zero-order chi connectivity index (χ0) is 14.7. The highest BCUT2D eigenvalue weighted by Gasteiger charge is 2.06. The third-order valence-corrected chi connectivity index (χ3v) is 3.45. The quantitative estimate of drug-likeness (QED) is 0.682. The molecule has 0 amide bonds. The molecule has 3 aromatic rings. The minimum Gasteiger partial charge on any atom is -0.255 e. The summed E-state index contributed by atoms with van der Waals surface area (Å²) in [4.78, 5) is 4.43. The predicted octanol–water partition coefficient (Wildman–Crippen LogP) is 4.60. The van der Waals surface area contributed by atoms with Crippen LogP contribution in [0.25, 0.3) is 22.4 Å². The highest BCUT2D eigenvalue weighted by Crippen LogP contribution is 2.27. The summed E-state index contributed by atoms with van der Waals surface area (Å²) in [7, 11) is 0.